The first kappa shape index (κ1) is 11.9. The van der Waals surface area contributed by atoms with Crippen LogP contribution in [0.25, 0.3) is 11.4 Å². The molecule has 0 spiro atoms. The number of H-pyrrole nitrogens is 1. The number of hydrogen-bond donors (Lipinski definition) is 2. The fourth-order valence-corrected chi connectivity index (χ4v) is 3.02. The molecule has 2 aromatic rings. The highest BCUT2D eigenvalue weighted by Gasteiger charge is 2.23. The molecule has 2 aliphatic heterocycles. The minimum absolute atomic E-state index is 0.365. The van der Waals surface area contributed by atoms with Crippen molar-refractivity contribution in [1.82, 2.24) is 15.2 Å². The second-order valence-electron chi connectivity index (χ2n) is 5.47. The highest BCUT2D eigenvalue weighted by atomic mass is 16.5. The van der Waals surface area contributed by atoms with Crippen LogP contribution in [0.4, 0.5) is 5.69 Å². The Bertz CT molecular complexity index is 616. The van der Waals surface area contributed by atoms with Gasteiger partial charge in [0.05, 0.1) is 6.61 Å². The van der Waals surface area contributed by atoms with Crippen molar-refractivity contribution in [1.29, 1.82) is 0 Å². The fraction of sp³-hybridized carbons (Fsp3) is 0.467. The normalized spacial score (nSPS) is 21.5. The van der Waals surface area contributed by atoms with Crippen molar-refractivity contribution in [2.45, 2.75) is 25.2 Å². The van der Waals surface area contributed by atoms with E-state index in [4.69, 9.17) is 4.74 Å². The van der Waals surface area contributed by atoms with Crippen LogP contribution in [-0.4, -0.2) is 34.9 Å². The summed E-state index contributed by atoms with van der Waals surface area (Å²) in [5.74, 6) is 2.10. The average molecular weight is 270 g/mol. The molecule has 0 saturated carbocycles. The van der Waals surface area contributed by atoms with E-state index in [0.29, 0.717) is 5.92 Å². The van der Waals surface area contributed by atoms with Crippen molar-refractivity contribution >= 4 is 5.69 Å². The predicted molar refractivity (Wildman–Crippen MR) is 76.8 cm³/mol. The summed E-state index contributed by atoms with van der Waals surface area (Å²) >= 11 is 0. The van der Waals surface area contributed by atoms with E-state index in [2.05, 4.69) is 38.7 Å². The zero-order valence-corrected chi connectivity index (χ0v) is 11.4. The van der Waals surface area contributed by atoms with E-state index in [1.165, 1.54) is 17.7 Å². The zero-order valence-electron chi connectivity index (χ0n) is 11.4. The molecule has 5 nitrogen and oxygen atoms in total. The van der Waals surface area contributed by atoms with Gasteiger partial charge in [-0.3, -0.25) is 5.10 Å². The quantitative estimate of drug-likeness (QED) is 0.879. The van der Waals surface area contributed by atoms with Crippen LogP contribution in [-0.2, 0) is 11.2 Å². The summed E-state index contributed by atoms with van der Waals surface area (Å²) in [4.78, 5) is 4.68. The first-order valence-electron chi connectivity index (χ1n) is 7.28. The maximum atomic E-state index is 5.42. The van der Waals surface area contributed by atoms with Gasteiger partial charge in [0.2, 0.25) is 0 Å². The topological polar surface area (TPSA) is 62.8 Å². The van der Waals surface area contributed by atoms with Crippen molar-refractivity contribution in [2.24, 2.45) is 0 Å². The largest absolute Gasteiger partial charge is 0.384 e. The Morgan fingerprint density at radius 2 is 2.30 bits per heavy atom. The summed E-state index contributed by atoms with van der Waals surface area (Å²) in [5, 5.41) is 11.0. The van der Waals surface area contributed by atoms with Crippen LogP contribution < -0.4 is 5.32 Å². The molecule has 1 aromatic carbocycles. The third-order valence-corrected chi connectivity index (χ3v) is 4.14. The van der Waals surface area contributed by atoms with E-state index in [0.717, 1.165) is 49.8 Å². The van der Waals surface area contributed by atoms with Gasteiger partial charge in [0.15, 0.2) is 5.82 Å². The monoisotopic (exact) mass is 270 g/mol. The van der Waals surface area contributed by atoms with Crippen molar-refractivity contribution in [3.8, 4) is 11.4 Å². The minimum atomic E-state index is 0.365. The van der Waals surface area contributed by atoms with Gasteiger partial charge in [-0.15, -0.1) is 0 Å². The Morgan fingerprint density at radius 1 is 1.30 bits per heavy atom. The molecule has 0 radical (unpaired) electrons. The SMILES string of the molecule is c1cc2c(c(-c3n[nH]c([C@H]4CCOC4)n3)c1)NCCC2. The maximum Gasteiger partial charge on any atom is 0.183 e. The van der Waals surface area contributed by atoms with E-state index in [9.17, 15) is 0 Å². The number of hydrogen-bond acceptors (Lipinski definition) is 4. The molecule has 20 heavy (non-hydrogen) atoms. The molecule has 2 aliphatic rings. The fourth-order valence-electron chi connectivity index (χ4n) is 3.02. The van der Waals surface area contributed by atoms with E-state index in [1.807, 2.05) is 0 Å². The lowest BCUT2D eigenvalue weighted by Crippen LogP contribution is -2.12. The predicted octanol–water partition coefficient (Wildman–Crippen LogP) is 2.33. The van der Waals surface area contributed by atoms with E-state index >= 15 is 0 Å². The Morgan fingerprint density at radius 3 is 3.20 bits per heavy atom. The maximum absolute atomic E-state index is 5.42. The Balaban J connectivity index is 1.70. The van der Waals surface area contributed by atoms with Crippen LogP contribution in [0.15, 0.2) is 18.2 Å². The number of anilines is 1. The Labute approximate surface area is 117 Å². The first-order valence-corrected chi connectivity index (χ1v) is 7.28. The average Bonchev–Trinajstić information content (AvgIpc) is 3.17. The van der Waals surface area contributed by atoms with E-state index in [1.54, 1.807) is 0 Å². The van der Waals surface area contributed by atoms with E-state index in [-0.39, 0.29) is 0 Å². The molecule has 1 saturated heterocycles. The van der Waals surface area contributed by atoms with Gasteiger partial charge in [-0.2, -0.15) is 5.10 Å². The van der Waals surface area contributed by atoms with Gasteiger partial charge in [-0.25, -0.2) is 4.98 Å². The van der Waals surface area contributed by atoms with Crippen molar-refractivity contribution in [3.63, 3.8) is 0 Å². The lowest BCUT2D eigenvalue weighted by Gasteiger charge is -2.19. The number of nitrogens with zero attached hydrogens (tertiary/aromatic N) is 2. The smallest absolute Gasteiger partial charge is 0.183 e. The lowest BCUT2D eigenvalue weighted by molar-refractivity contribution is 0.193. The molecule has 3 heterocycles. The summed E-state index contributed by atoms with van der Waals surface area (Å²) in [6, 6.07) is 6.37. The summed E-state index contributed by atoms with van der Waals surface area (Å²) in [7, 11) is 0. The van der Waals surface area contributed by atoms with Gasteiger partial charge < -0.3 is 10.1 Å². The third kappa shape index (κ3) is 1.98. The molecule has 1 aromatic heterocycles. The molecule has 1 fully saturated rings. The summed E-state index contributed by atoms with van der Waals surface area (Å²) < 4.78 is 5.42. The molecular weight excluding hydrogens is 252 g/mol. The molecular formula is C15H18N4O. The number of aromatic nitrogens is 3. The van der Waals surface area contributed by atoms with Gasteiger partial charge in [-0.05, 0) is 30.9 Å². The summed E-state index contributed by atoms with van der Waals surface area (Å²) in [6.07, 6.45) is 3.35. The molecule has 2 N–H and O–H groups in total. The third-order valence-electron chi connectivity index (χ3n) is 4.14. The van der Waals surface area contributed by atoms with Gasteiger partial charge in [0.25, 0.3) is 0 Å². The number of ether oxygens (including phenoxy) is 1. The second kappa shape index (κ2) is 4.90. The van der Waals surface area contributed by atoms with Crippen LogP contribution >= 0.6 is 0 Å². The number of nitrogens with one attached hydrogen (secondary N) is 2. The standard InChI is InChI=1S/C15H18N4O/c1-3-10-4-2-7-16-13(10)12(5-1)15-17-14(18-19-15)11-6-8-20-9-11/h1,3,5,11,16H,2,4,6-9H2,(H,17,18,19)/t11-/m0/s1. The van der Waals surface area contributed by atoms with Crippen LogP contribution in [0.5, 0.6) is 0 Å². The number of rotatable bonds is 2. The molecule has 0 amide bonds. The lowest BCUT2D eigenvalue weighted by atomic mass is 9.99. The molecule has 0 aliphatic carbocycles. The highest BCUT2D eigenvalue weighted by molar-refractivity contribution is 5.77. The van der Waals surface area contributed by atoms with Crippen LogP contribution in [0.2, 0.25) is 0 Å². The molecule has 104 valence electrons. The highest BCUT2D eigenvalue weighted by Crippen LogP contribution is 2.33. The van der Waals surface area contributed by atoms with Crippen LogP contribution in [0.3, 0.4) is 0 Å². The van der Waals surface area contributed by atoms with Crippen molar-refractivity contribution in [3.05, 3.63) is 29.6 Å². The van der Waals surface area contributed by atoms with Gasteiger partial charge in [0.1, 0.15) is 5.82 Å². The van der Waals surface area contributed by atoms with E-state index < -0.39 is 0 Å². The molecule has 0 bridgehead atoms. The first-order chi connectivity index (χ1) is 9.92. The Hall–Kier alpha value is -1.88. The van der Waals surface area contributed by atoms with Crippen molar-refractivity contribution in [2.75, 3.05) is 25.1 Å². The van der Waals surface area contributed by atoms with Gasteiger partial charge in [0, 0.05) is 30.3 Å². The number of aromatic amines is 1. The number of fused-ring (bicyclic) bond motifs is 1. The number of benzene rings is 1. The Kier molecular flexibility index (Phi) is 2.92. The molecule has 0 unspecified atom stereocenters. The molecule has 5 heteroatoms. The zero-order chi connectivity index (χ0) is 13.4. The number of para-hydroxylation sites is 1. The molecule has 1 atom stereocenters. The van der Waals surface area contributed by atoms with Crippen molar-refractivity contribution < 1.29 is 4.74 Å². The second-order valence-corrected chi connectivity index (χ2v) is 5.47. The van der Waals surface area contributed by atoms with Gasteiger partial charge in [-0.1, -0.05) is 12.1 Å². The number of aryl methyl sites for hydroxylation is 1. The minimum Gasteiger partial charge on any atom is -0.384 e. The van der Waals surface area contributed by atoms with Crippen LogP contribution in [0, 0.1) is 0 Å². The summed E-state index contributed by atoms with van der Waals surface area (Å²) in [6.45, 7) is 2.60. The molecule has 4 rings (SSSR count). The van der Waals surface area contributed by atoms with Crippen LogP contribution in [0.1, 0.15) is 30.1 Å². The van der Waals surface area contributed by atoms with Gasteiger partial charge >= 0.3 is 0 Å². The summed E-state index contributed by atoms with van der Waals surface area (Å²) in [5.41, 5.74) is 3.67.